The predicted octanol–water partition coefficient (Wildman–Crippen LogP) is 3.87. The fourth-order valence-corrected chi connectivity index (χ4v) is 5.83. The van der Waals surface area contributed by atoms with Crippen molar-refractivity contribution in [1.29, 1.82) is 0 Å². The Kier molecular flexibility index (Phi) is 7.49. The first-order chi connectivity index (χ1) is 11.6. The standard InChI is InChI=1S/C19H30O4Si/c1-4-24(5-2,6-3)23-17-12-13-22-18(19(17)20)15-21-14-16-10-8-7-9-11-16/h7-13,17-20H,4-6,14-15H2,1-3H3. The van der Waals surface area contributed by atoms with E-state index in [0.29, 0.717) is 13.2 Å². The maximum atomic E-state index is 10.6. The van der Waals surface area contributed by atoms with Crippen LogP contribution < -0.4 is 0 Å². The molecule has 3 atom stereocenters. The minimum absolute atomic E-state index is 0.296. The molecular weight excluding hydrogens is 320 g/mol. The van der Waals surface area contributed by atoms with Crippen LogP contribution in [-0.2, 0) is 20.5 Å². The normalized spacial score (nSPS) is 23.9. The van der Waals surface area contributed by atoms with Gasteiger partial charge >= 0.3 is 0 Å². The van der Waals surface area contributed by atoms with E-state index in [4.69, 9.17) is 13.9 Å². The van der Waals surface area contributed by atoms with E-state index in [9.17, 15) is 5.11 Å². The van der Waals surface area contributed by atoms with Crippen LogP contribution in [0.25, 0.3) is 0 Å². The highest BCUT2D eigenvalue weighted by Crippen LogP contribution is 2.27. The lowest BCUT2D eigenvalue weighted by Crippen LogP contribution is -2.50. The van der Waals surface area contributed by atoms with E-state index in [2.05, 4.69) is 20.8 Å². The van der Waals surface area contributed by atoms with Crippen molar-refractivity contribution in [2.24, 2.45) is 0 Å². The average Bonchev–Trinajstić information content (AvgIpc) is 2.63. The van der Waals surface area contributed by atoms with Crippen LogP contribution in [0, 0.1) is 0 Å². The first kappa shape index (κ1) is 19.2. The third-order valence-corrected chi connectivity index (χ3v) is 9.59. The van der Waals surface area contributed by atoms with Gasteiger partial charge in [-0.15, -0.1) is 0 Å². The van der Waals surface area contributed by atoms with Crippen molar-refractivity contribution in [2.75, 3.05) is 6.61 Å². The molecule has 3 unspecified atom stereocenters. The summed E-state index contributed by atoms with van der Waals surface area (Å²) in [6.07, 6.45) is 2.11. The first-order valence-corrected chi connectivity index (χ1v) is 11.5. The first-order valence-electron chi connectivity index (χ1n) is 8.93. The van der Waals surface area contributed by atoms with Crippen molar-refractivity contribution in [1.82, 2.24) is 0 Å². The third-order valence-electron chi connectivity index (χ3n) is 4.95. The summed E-state index contributed by atoms with van der Waals surface area (Å²) < 4.78 is 17.7. The Morgan fingerprint density at radius 2 is 1.75 bits per heavy atom. The average molecular weight is 351 g/mol. The topological polar surface area (TPSA) is 47.9 Å². The predicted molar refractivity (Wildman–Crippen MR) is 98.2 cm³/mol. The van der Waals surface area contributed by atoms with Gasteiger partial charge in [-0.25, -0.2) is 0 Å². The second-order valence-electron chi connectivity index (χ2n) is 6.32. The van der Waals surface area contributed by atoms with E-state index in [0.717, 1.165) is 23.7 Å². The van der Waals surface area contributed by atoms with Crippen LogP contribution in [0.15, 0.2) is 42.7 Å². The summed E-state index contributed by atoms with van der Waals surface area (Å²) in [6, 6.07) is 13.2. The van der Waals surface area contributed by atoms with E-state index in [-0.39, 0.29) is 12.2 Å². The van der Waals surface area contributed by atoms with Crippen molar-refractivity contribution in [3.63, 3.8) is 0 Å². The molecule has 0 saturated carbocycles. The summed E-state index contributed by atoms with van der Waals surface area (Å²) in [6.45, 7) is 7.43. The van der Waals surface area contributed by atoms with Crippen molar-refractivity contribution < 1.29 is 19.0 Å². The number of hydrogen-bond donors (Lipinski definition) is 1. The molecule has 1 N–H and O–H groups in total. The number of aliphatic hydroxyl groups is 1. The third kappa shape index (κ3) is 4.93. The van der Waals surface area contributed by atoms with Gasteiger partial charge in [0.2, 0.25) is 0 Å². The molecule has 0 bridgehead atoms. The summed E-state index contributed by atoms with van der Waals surface area (Å²) in [5, 5.41) is 10.6. The van der Waals surface area contributed by atoms with E-state index in [1.54, 1.807) is 6.26 Å². The molecule has 0 spiro atoms. The van der Waals surface area contributed by atoms with Gasteiger partial charge in [-0.05, 0) is 29.8 Å². The molecule has 0 saturated heterocycles. The summed E-state index contributed by atoms with van der Waals surface area (Å²) in [5.41, 5.74) is 1.11. The summed E-state index contributed by atoms with van der Waals surface area (Å²) >= 11 is 0. The van der Waals surface area contributed by atoms with E-state index in [1.165, 1.54) is 0 Å². The zero-order valence-corrected chi connectivity index (χ0v) is 16.0. The highest BCUT2D eigenvalue weighted by atomic mass is 28.4. The Labute approximate surface area is 146 Å². The number of hydrogen-bond acceptors (Lipinski definition) is 4. The molecule has 1 aliphatic heterocycles. The Hall–Kier alpha value is -1.14. The second kappa shape index (κ2) is 9.37. The van der Waals surface area contributed by atoms with Gasteiger partial charge in [0.15, 0.2) is 8.32 Å². The van der Waals surface area contributed by atoms with Gasteiger partial charge in [-0.1, -0.05) is 51.1 Å². The molecule has 1 aromatic carbocycles. The Balaban J connectivity index is 1.88. The number of ether oxygens (including phenoxy) is 2. The molecule has 1 aromatic rings. The van der Waals surface area contributed by atoms with Crippen molar-refractivity contribution >= 4 is 8.32 Å². The molecule has 0 aliphatic carbocycles. The molecule has 0 aromatic heterocycles. The van der Waals surface area contributed by atoms with E-state index < -0.39 is 14.4 Å². The Bertz CT molecular complexity index is 493. The lowest BCUT2D eigenvalue weighted by molar-refractivity contribution is -0.0917. The highest BCUT2D eigenvalue weighted by Gasteiger charge is 2.38. The second-order valence-corrected chi connectivity index (χ2v) is 11.0. The zero-order chi connectivity index (χ0) is 17.4. The fourth-order valence-electron chi connectivity index (χ4n) is 3.03. The maximum Gasteiger partial charge on any atom is 0.193 e. The van der Waals surface area contributed by atoms with Crippen LogP contribution in [-0.4, -0.2) is 38.3 Å². The minimum atomic E-state index is -1.77. The maximum absolute atomic E-state index is 10.6. The molecule has 134 valence electrons. The smallest absolute Gasteiger partial charge is 0.193 e. The van der Waals surface area contributed by atoms with E-state index >= 15 is 0 Å². The van der Waals surface area contributed by atoms with Crippen LogP contribution in [0.1, 0.15) is 26.3 Å². The number of benzene rings is 1. The van der Waals surface area contributed by atoms with Gasteiger partial charge < -0.3 is 19.0 Å². The van der Waals surface area contributed by atoms with Crippen LogP contribution in [0.5, 0.6) is 0 Å². The minimum Gasteiger partial charge on any atom is -0.493 e. The Morgan fingerprint density at radius 3 is 2.38 bits per heavy atom. The number of rotatable bonds is 9. The molecule has 4 nitrogen and oxygen atoms in total. The van der Waals surface area contributed by atoms with Gasteiger partial charge in [-0.2, -0.15) is 0 Å². The molecular formula is C19H30O4Si. The SMILES string of the molecule is CC[Si](CC)(CC)OC1C=COC(COCc2ccccc2)C1O. The van der Waals surface area contributed by atoms with E-state index in [1.807, 2.05) is 36.4 Å². The molecule has 0 amide bonds. The monoisotopic (exact) mass is 350 g/mol. The van der Waals surface area contributed by atoms with Gasteiger partial charge in [0, 0.05) is 0 Å². The van der Waals surface area contributed by atoms with Gasteiger partial charge in [0.1, 0.15) is 12.2 Å². The lowest BCUT2D eigenvalue weighted by Gasteiger charge is -2.38. The number of aliphatic hydroxyl groups excluding tert-OH is 1. The largest absolute Gasteiger partial charge is 0.493 e. The molecule has 5 heteroatoms. The molecule has 24 heavy (non-hydrogen) atoms. The molecule has 0 radical (unpaired) electrons. The summed E-state index contributed by atoms with van der Waals surface area (Å²) in [7, 11) is -1.77. The molecule has 0 fully saturated rings. The van der Waals surface area contributed by atoms with Crippen molar-refractivity contribution in [3.8, 4) is 0 Å². The van der Waals surface area contributed by atoms with Crippen LogP contribution in [0.4, 0.5) is 0 Å². The molecule has 1 aliphatic rings. The van der Waals surface area contributed by atoms with Gasteiger partial charge in [0.25, 0.3) is 0 Å². The summed E-state index contributed by atoms with van der Waals surface area (Å²) in [4.78, 5) is 0. The van der Waals surface area contributed by atoms with Crippen LogP contribution in [0.3, 0.4) is 0 Å². The quantitative estimate of drug-likeness (QED) is 0.687. The molecule has 1 heterocycles. The Morgan fingerprint density at radius 1 is 1.08 bits per heavy atom. The van der Waals surface area contributed by atoms with Crippen LogP contribution >= 0.6 is 0 Å². The highest BCUT2D eigenvalue weighted by molar-refractivity contribution is 6.73. The van der Waals surface area contributed by atoms with Gasteiger partial charge in [0.05, 0.1) is 25.6 Å². The zero-order valence-electron chi connectivity index (χ0n) is 15.0. The van der Waals surface area contributed by atoms with Gasteiger partial charge in [-0.3, -0.25) is 0 Å². The van der Waals surface area contributed by atoms with Crippen LogP contribution in [0.2, 0.25) is 18.1 Å². The van der Waals surface area contributed by atoms with Crippen molar-refractivity contribution in [3.05, 3.63) is 48.2 Å². The molecule has 2 rings (SSSR count). The summed E-state index contributed by atoms with van der Waals surface area (Å²) in [5.74, 6) is 0. The lowest BCUT2D eigenvalue weighted by atomic mass is 10.1. The van der Waals surface area contributed by atoms with Crippen molar-refractivity contribution in [2.45, 2.75) is 63.8 Å². The fraction of sp³-hybridized carbons (Fsp3) is 0.579.